The number of urea groups is 1. The van der Waals surface area contributed by atoms with Crippen molar-refractivity contribution in [2.75, 3.05) is 51.3 Å². The van der Waals surface area contributed by atoms with Gasteiger partial charge < -0.3 is 30.3 Å². The van der Waals surface area contributed by atoms with Crippen LogP contribution in [-0.2, 0) is 22.2 Å². The van der Waals surface area contributed by atoms with Gasteiger partial charge in [0.1, 0.15) is 11.6 Å². The van der Waals surface area contributed by atoms with Gasteiger partial charge in [-0.3, -0.25) is 29.3 Å². The zero-order valence-corrected chi connectivity index (χ0v) is 43.8. The summed E-state index contributed by atoms with van der Waals surface area (Å²) in [7, 11) is 3.22. The summed E-state index contributed by atoms with van der Waals surface area (Å²) in [5.41, 5.74) is 8.24. The van der Waals surface area contributed by atoms with E-state index in [2.05, 4.69) is 43.7 Å². The van der Waals surface area contributed by atoms with Crippen molar-refractivity contribution in [3.63, 3.8) is 0 Å². The first-order valence-corrected chi connectivity index (χ1v) is 27.3. The number of carbonyl (C=O) groups excluding carboxylic acids is 4. The average molecular weight is 1050 g/mol. The van der Waals surface area contributed by atoms with E-state index in [4.69, 9.17) is 26.8 Å². The van der Waals surface area contributed by atoms with E-state index in [0.29, 0.717) is 41.8 Å². The third kappa shape index (κ3) is 9.32. The fraction of sp³-hybridized carbons (Fsp3) is 0.500. The molecule has 4 N–H and O–H groups in total. The summed E-state index contributed by atoms with van der Waals surface area (Å²) in [6.07, 6.45) is 12.6. The lowest BCUT2D eigenvalue weighted by molar-refractivity contribution is -0.139. The fourth-order valence-electron chi connectivity index (χ4n) is 13.8. The molecule has 5 heterocycles. The number of anilines is 1. The van der Waals surface area contributed by atoms with E-state index in [-0.39, 0.29) is 63.4 Å². The number of aryl methyl sites for hydroxylation is 1. The Balaban J connectivity index is 0.671. The van der Waals surface area contributed by atoms with Gasteiger partial charge in [0.05, 0.1) is 23.2 Å². The molecule has 14 nitrogen and oxygen atoms in total. The Kier molecular flexibility index (Phi) is 13.9. The van der Waals surface area contributed by atoms with Crippen LogP contribution in [0.1, 0.15) is 129 Å². The predicted octanol–water partition coefficient (Wildman–Crippen LogP) is 9.70. The molecule has 17 heteroatoms. The van der Waals surface area contributed by atoms with Crippen molar-refractivity contribution in [2.45, 2.75) is 120 Å². The molecule has 4 aromatic carbocycles. The van der Waals surface area contributed by atoms with Gasteiger partial charge in [-0.05, 0) is 137 Å². The highest BCUT2D eigenvalue weighted by Gasteiger charge is 2.51. The molecule has 6 aliphatic rings. The third-order valence-corrected chi connectivity index (χ3v) is 18.7. The Morgan fingerprint density at radius 3 is 2.29 bits per heavy atom. The van der Waals surface area contributed by atoms with Crippen molar-refractivity contribution >= 4 is 52.1 Å². The van der Waals surface area contributed by atoms with Gasteiger partial charge in [-0.1, -0.05) is 54.9 Å². The maximum absolute atomic E-state index is 16.3. The summed E-state index contributed by atoms with van der Waals surface area (Å²) in [4.78, 5) is 57.6. The second-order valence-electron chi connectivity index (χ2n) is 22.2. The first-order chi connectivity index (χ1) is 36.2. The zero-order valence-electron chi connectivity index (χ0n) is 43.1. The van der Waals surface area contributed by atoms with Crippen molar-refractivity contribution in [1.82, 2.24) is 30.2 Å². The van der Waals surface area contributed by atoms with E-state index in [1.807, 2.05) is 49.0 Å². The van der Waals surface area contributed by atoms with Crippen LogP contribution in [-0.4, -0.2) is 102 Å². The van der Waals surface area contributed by atoms with Gasteiger partial charge in [-0.25, -0.2) is 13.6 Å². The summed E-state index contributed by atoms with van der Waals surface area (Å²) in [5.74, 6) is -1.97. The highest BCUT2D eigenvalue weighted by Crippen LogP contribution is 2.57. The third-order valence-electron chi connectivity index (χ3n) is 18.3. The Bertz CT molecular complexity index is 3030. The smallest absolute Gasteiger partial charge is 0.329 e. The quantitative estimate of drug-likeness (QED) is 0.117. The number of piperidine rings is 2. The molecule has 11 rings (SSSR count). The van der Waals surface area contributed by atoms with Crippen LogP contribution in [0, 0.1) is 23.0 Å². The summed E-state index contributed by atoms with van der Waals surface area (Å²) in [6.45, 7) is 6.42. The average Bonchev–Trinajstić information content (AvgIpc) is 3.93. The van der Waals surface area contributed by atoms with Crippen LogP contribution in [0.2, 0.25) is 5.02 Å². The summed E-state index contributed by atoms with van der Waals surface area (Å²) >= 11 is 6.72. The molecular weight excluding hydrogens is 978 g/mol. The van der Waals surface area contributed by atoms with Gasteiger partial charge in [0.25, 0.3) is 0 Å². The molecule has 75 heavy (non-hydrogen) atoms. The van der Waals surface area contributed by atoms with Crippen molar-refractivity contribution in [2.24, 2.45) is 24.1 Å². The molecule has 1 aromatic heterocycles. The number of imide groups is 1. The van der Waals surface area contributed by atoms with E-state index < -0.39 is 35.1 Å². The normalized spacial score (nSPS) is 24.6. The first kappa shape index (κ1) is 51.0. The fourth-order valence-corrected chi connectivity index (χ4v) is 14.1. The number of methoxy groups -OCH3 is 1. The topological polar surface area (TPSA) is 164 Å². The van der Waals surface area contributed by atoms with E-state index >= 15 is 8.78 Å². The minimum Gasteiger partial charge on any atom is -0.494 e. The van der Waals surface area contributed by atoms with Gasteiger partial charge in [0.15, 0.2) is 23.0 Å². The van der Waals surface area contributed by atoms with Crippen molar-refractivity contribution in [3.8, 4) is 22.6 Å². The number of nitrogens with one attached hydrogen (secondary N) is 2. The van der Waals surface area contributed by atoms with Crippen LogP contribution in [0.4, 0.5) is 19.4 Å². The van der Waals surface area contributed by atoms with Gasteiger partial charge in [-0.15, -0.1) is 0 Å². The molecule has 0 radical (unpaired) electrons. The molecule has 2 unspecified atom stereocenters. The van der Waals surface area contributed by atoms with Crippen LogP contribution in [0.3, 0.4) is 0 Å². The van der Waals surface area contributed by atoms with E-state index in [0.717, 1.165) is 94.0 Å². The van der Waals surface area contributed by atoms with Gasteiger partial charge in [0, 0.05) is 91.7 Å². The lowest BCUT2D eigenvalue weighted by Crippen LogP contribution is -2.50. The number of aromatic nitrogens is 2. The number of hydrogen-bond acceptors (Lipinski definition) is 9. The summed E-state index contributed by atoms with van der Waals surface area (Å²) in [6, 6.07) is 20.4. The Morgan fingerprint density at radius 2 is 1.61 bits per heavy atom. The molecule has 5 fully saturated rings. The van der Waals surface area contributed by atoms with Crippen LogP contribution < -0.4 is 30.7 Å². The molecule has 1 spiro atoms. The highest BCUT2D eigenvalue weighted by molar-refractivity contribution is 6.34. The number of nitrogens with two attached hydrogens (primary N) is 1. The largest absolute Gasteiger partial charge is 0.494 e. The van der Waals surface area contributed by atoms with Gasteiger partial charge in [0.2, 0.25) is 17.7 Å². The van der Waals surface area contributed by atoms with E-state index in [1.54, 1.807) is 4.90 Å². The predicted molar refractivity (Wildman–Crippen MR) is 283 cm³/mol. The Labute approximate surface area is 441 Å². The van der Waals surface area contributed by atoms with E-state index in [9.17, 15) is 19.2 Å². The molecule has 5 amide bonds. The minimum atomic E-state index is -1.06. The lowest BCUT2D eigenvalue weighted by Gasteiger charge is -2.49. The summed E-state index contributed by atoms with van der Waals surface area (Å²) in [5, 5.41) is 11.4. The van der Waals surface area contributed by atoms with Crippen LogP contribution in [0.25, 0.3) is 22.0 Å². The maximum atomic E-state index is 16.3. The maximum Gasteiger partial charge on any atom is 0.329 e. The van der Waals surface area contributed by atoms with Crippen molar-refractivity contribution in [1.29, 1.82) is 0 Å². The standard InChI is InChI=1S/C58H67ClF2N8O6/c1-34-48-46(32-43(60)51(59)50(48)49-42(53(62)71)15-16-45(74-3)52(49)61)75-58(34,38-7-5-4-6-8-38)33-63-39-12-9-36(10-13-39)55(72)68-29-24-57(25-30-68)22-17-40(18-23-57)67-26-19-35(20-27-67)37-11-14-41-44(31-37)66(2)65-54(41)69-28-21-47(70)64-56(69)73/h4-8,11,14-16,31-32,34-36,39-40,63H,9-10,12-13,17-30,33H2,1-3H3,(H2,62,71)(H,64,70,73). The number of fused-ring (bicyclic) bond motifs is 2. The molecule has 5 aromatic rings. The molecule has 3 saturated heterocycles. The van der Waals surface area contributed by atoms with Crippen LogP contribution in [0.15, 0.2) is 66.7 Å². The first-order valence-electron chi connectivity index (χ1n) is 26.9. The highest BCUT2D eigenvalue weighted by atomic mass is 35.5. The second-order valence-corrected chi connectivity index (χ2v) is 22.6. The number of likely N-dealkylation sites (tertiary alicyclic amines) is 2. The monoisotopic (exact) mass is 1040 g/mol. The molecule has 2 aliphatic carbocycles. The number of amides is 5. The van der Waals surface area contributed by atoms with Crippen molar-refractivity contribution in [3.05, 3.63) is 106 Å². The SMILES string of the molecule is COc1ccc(C(N)=O)c(-c2c(Cl)c(F)cc3c2C(C)C(CNC2CCC(C(=O)N4CCC5(CCC(N6CCC(c7ccc8c(N9CCC(=O)NC9=O)nn(C)c8c7)CC6)CC5)CC4)CC2)(c2ccccc2)O3)c1F. The minimum absolute atomic E-state index is 0.00688. The second kappa shape index (κ2) is 20.5. The molecule has 0 bridgehead atoms. The molecule has 2 saturated carbocycles. The molecule has 396 valence electrons. The van der Waals surface area contributed by atoms with Gasteiger partial charge >= 0.3 is 6.03 Å². The number of hydrogen-bond donors (Lipinski definition) is 3. The molecule has 2 atom stereocenters. The van der Waals surface area contributed by atoms with Crippen molar-refractivity contribution < 1.29 is 37.4 Å². The number of benzene rings is 4. The lowest BCUT2D eigenvalue weighted by atomic mass is 9.66. The Hall–Kier alpha value is -6.10. The number of nitrogens with zero attached hydrogens (tertiary/aromatic N) is 5. The molecular formula is C58H67ClF2N8O6. The van der Waals surface area contributed by atoms with Gasteiger partial charge in [-0.2, -0.15) is 5.10 Å². The number of rotatable bonds is 11. The number of carbonyl (C=O) groups is 4. The zero-order chi connectivity index (χ0) is 52.3. The number of primary amides is 1. The Morgan fingerprint density at radius 1 is 0.893 bits per heavy atom. The molecule has 4 aliphatic heterocycles. The number of halogens is 3. The summed E-state index contributed by atoms with van der Waals surface area (Å²) < 4.78 is 46.0. The number of ether oxygens (including phenoxy) is 2. The van der Waals surface area contributed by atoms with Crippen LogP contribution in [0.5, 0.6) is 11.5 Å². The van der Waals surface area contributed by atoms with Crippen LogP contribution >= 0.6 is 11.6 Å². The van der Waals surface area contributed by atoms with E-state index in [1.165, 1.54) is 56.6 Å².